The fourth-order valence-electron chi connectivity index (χ4n) is 4.01. The van der Waals surface area contributed by atoms with Gasteiger partial charge in [0.15, 0.2) is 0 Å². The number of nitrogen functional groups attached to an aromatic ring is 1. The first-order valence-corrected chi connectivity index (χ1v) is 9.42. The quantitative estimate of drug-likeness (QED) is 0.401. The molecule has 0 saturated heterocycles. The number of methoxy groups -OCH3 is 2. The maximum Gasteiger partial charge on any atom is 0.132 e. The standard InChI is InChI=1S/C25H20N2O2/c1-28-17-11-16(12-18(14-17)29-2)22-13-15-7-3-4-8-19(15)24-23(22)20-9-5-6-10-21(20)25(26)27-24/h3-14H,1-2H3,(H2,26,27). The average Bonchev–Trinajstić information content (AvgIpc) is 2.78. The van der Waals surface area contributed by atoms with E-state index in [4.69, 9.17) is 20.2 Å². The second-order valence-corrected chi connectivity index (χ2v) is 7.01. The maximum absolute atomic E-state index is 6.34. The summed E-state index contributed by atoms with van der Waals surface area (Å²) in [5, 5.41) is 5.30. The summed E-state index contributed by atoms with van der Waals surface area (Å²) >= 11 is 0. The van der Waals surface area contributed by atoms with Crippen LogP contribution in [0.15, 0.2) is 72.8 Å². The van der Waals surface area contributed by atoms with Crippen LogP contribution in [0.2, 0.25) is 0 Å². The maximum atomic E-state index is 6.34. The van der Waals surface area contributed by atoms with Crippen molar-refractivity contribution in [2.75, 3.05) is 20.0 Å². The van der Waals surface area contributed by atoms with Crippen molar-refractivity contribution in [3.63, 3.8) is 0 Å². The highest BCUT2D eigenvalue weighted by Gasteiger charge is 2.16. The van der Waals surface area contributed by atoms with Crippen molar-refractivity contribution in [2.45, 2.75) is 0 Å². The van der Waals surface area contributed by atoms with Crippen molar-refractivity contribution < 1.29 is 9.47 Å². The molecule has 5 rings (SSSR count). The number of aromatic nitrogens is 1. The lowest BCUT2D eigenvalue weighted by Gasteiger charge is -2.15. The summed E-state index contributed by atoms with van der Waals surface area (Å²) in [6.45, 7) is 0. The lowest BCUT2D eigenvalue weighted by molar-refractivity contribution is 0.394. The molecule has 0 unspecified atom stereocenters. The minimum absolute atomic E-state index is 0.540. The van der Waals surface area contributed by atoms with Crippen LogP contribution >= 0.6 is 0 Å². The molecule has 0 aliphatic rings. The molecular weight excluding hydrogens is 360 g/mol. The summed E-state index contributed by atoms with van der Waals surface area (Å²) in [5.74, 6) is 2.03. The molecule has 142 valence electrons. The number of benzene rings is 4. The number of rotatable bonds is 3. The highest BCUT2D eigenvalue weighted by molar-refractivity contribution is 6.23. The highest BCUT2D eigenvalue weighted by atomic mass is 16.5. The van der Waals surface area contributed by atoms with Crippen LogP contribution in [-0.2, 0) is 0 Å². The molecule has 0 atom stereocenters. The molecule has 0 radical (unpaired) electrons. The van der Waals surface area contributed by atoms with Gasteiger partial charge in [-0.05, 0) is 40.1 Å². The van der Waals surface area contributed by atoms with Gasteiger partial charge in [0.1, 0.15) is 17.3 Å². The SMILES string of the molecule is COc1cc(OC)cc(-c2cc3ccccc3c3nc(N)c4ccccc4c23)c1. The summed E-state index contributed by atoms with van der Waals surface area (Å²) in [5.41, 5.74) is 9.32. The lowest BCUT2D eigenvalue weighted by Crippen LogP contribution is -1.96. The average molecular weight is 380 g/mol. The largest absolute Gasteiger partial charge is 0.497 e. The Labute approximate surface area is 168 Å². The van der Waals surface area contributed by atoms with Gasteiger partial charge in [-0.3, -0.25) is 0 Å². The Morgan fingerprint density at radius 3 is 2.03 bits per heavy atom. The van der Waals surface area contributed by atoms with Gasteiger partial charge in [-0.25, -0.2) is 4.98 Å². The van der Waals surface area contributed by atoms with E-state index < -0.39 is 0 Å². The Morgan fingerprint density at radius 1 is 0.724 bits per heavy atom. The van der Waals surface area contributed by atoms with E-state index in [9.17, 15) is 0 Å². The zero-order chi connectivity index (χ0) is 20.0. The van der Waals surface area contributed by atoms with Gasteiger partial charge >= 0.3 is 0 Å². The Kier molecular flexibility index (Phi) is 3.98. The van der Waals surface area contributed by atoms with E-state index in [1.807, 2.05) is 48.5 Å². The first-order chi connectivity index (χ1) is 14.2. The van der Waals surface area contributed by atoms with E-state index in [2.05, 4.69) is 24.3 Å². The van der Waals surface area contributed by atoms with Gasteiger partial charge in [-0.15, -0.1) is 0 Å². The molecule has 0 aliphatic heterocycles. The zero-order valence-corrected chi connectivity index (χ0v) is 16.3. The van der Waals surface area contributed by atoms with Crippen molar-refractivity contribution in [3.05, 3.63) is 72.8 Å². The van der Waals surface area contributed by atoms with Gasteiger partial charge in [-0.2, -0.15) is 0 Å². The van der Waals surface area contributed by atoms with Crippen LogP contribution in [0.5, 0.6) is 11.5 Å². The summed E-state index contributed by atoms with van der Waals surface area (Å²) in [6.07, 6.45) is 0. The van der Waals surface area contributed by atoms with Crippen LogP contribution in [0.25, 0.3) is 43.6 Å². The highest BCUT2D eigenvalue weighted by Crippen LogP contribution is 2.41. The topological polar surface area (TPSA) is 57.4 Å². The predicted molar refractivity (Wildman–Crippen MR) is 120 cm³/mol. The lowest BCUT2D eigenvalue weighted by atomic mass is 9.92. The minimum atomic E-state index is 0.540. The van der Waals surface area contributed by atoms with Crippen molar-refractivity contribution in [1.29, 1.82) is 0 Å². The Balaban J connectivity index is 2.01. The van der Waals surface area contributed by atoms with Crippen molar-refractivity contribution in [1.82, 2.24) is 4.98 Å². The summed E-state index contributed by atoms with van der Waals surface area (Å²) < 4.78 is 11.0. The number of hydrogen-bond donors (Lipinski definition) is 1. The molecule has 1 aromatic heterocycles. The van der Waals surface area contributed by atoms with Crippen LogP contribution in [0.1, 0.15) is 0 Å². The van der Waals surface area contributed by atoms with E-state index in [1.165, 1.54) is 0 Å². The molecule has 5 aromatic rings. The molecular formula is C25H20N2O2. The van der Waals surface area contributed by atoms with Crippen LogP contribution in [0.4, 0.5) is 5.82 Å². The van der Waals surface area contributed by atoms with Crippen LogP contribution in [0, 0.1) is 0 Å². The molecule has 29 heavy (non-hydrogen) atoms. The third-order valence-corrected chi connectivity index (χ3v) is 5.39. The fraction of sp³-hybridized carbons (Fsp3) is 0.0800. The number of anilines is 1. The van der Waals surface area contributed by atoms with E-state index in [-0.39, 0.29) is 0 Å². The van der Waals surface area contributed by atoms with Gasteiger partial charge in [0.05, 0.1) is 19.7 Å². The molecule has 0 spiro atoms. The second-order valence-electron chi connectivity index (χ2n) is 7.01. The number of ether oxygens (including phenoxy) is 2. The smallest absolute Gasteiger partial charge is 0.132 e. The summed E-state index contributed by atoms with van der Waals surface area (Å²) in [6, 6.07) is 24.5. The molecule has 0 fully saturated rings. The van der Waals surface area contributed by atoms with E-state index in [0.29, 0.717) is 5.82 Å². The first-order valence-electron chi connectivity index (χ1n) is 9.42. The third kappa shape index (κ3) is 2.72. The number of hydrogen-bond acceptors (Lipinski definition) is 4. The molecule has 4 nitrogen and oxygen atoms in total. The number of nitrogens with two attached hydrogens (primary N) is 1. The molecule has 1 heterocycles. The van der Waals surface area contributed by atoms with Crippen molar-refractivity contribution in [3.8, 4) is 22.6 Å². The van der Waals surface area contributed by atoms with E-state index in [1.54, 1.807) is 14.2 Å². The van der Waals surface area contributed by atoms with Gasteiger partial charge < -0.3 is 15.2 Å². The molecule has 0 bridgehead atoms. The molecule has 0 amide bonds. The van der Waals surface area contributed by atoms with Crippen LogP contribution < -0.4 is 15.2 Å². The minimum Gasteiger partial charge on any atom is -0.497 e. The third-order valence-electron chi connectivity index (χ3n) is 5.39. The van der Waals surface area contributed by atoms with Gasteiger partial charge in [0.2, 0.25) is 0 Å². The number of pyridine rings is 1. The van der Waals surface area contributed by atoms with E-state index in [0.717, 1.165) is 55.1 Å². The second kappa shape index (κ2) is 6.67. The van der Waals surface area contributed by atoms with Crippen LogP contribution in [0.3, 0.4) is 0 Å². The number of nitrogens with zero attached hydrogens (tertiary/aromatic N) is 1. The summed E-state index contributed by atoms with van der Waals surface area (Å²) in [4.78, 5) is 4.82. The fourth-order valence-corrected chi connectivity index (χ4v) is 4.01. The Bertz CT molecular complexity index is 1370. The van der Waals surface area contributed by atoms with Gasteiger partial charge in [0.25, 0.3) is 0 Å². The van der Waals surface area contributed by atoms with Gasteiger partial charge in [-0.1, -0.05) is 48.5 Å². The van der Waals surface area contributed by atoms with Gasteiger partial charge in [0, 0.05) is 22.2 Å². The number of fused-ring (bicyclic) bond motifs is 5. The predicted octanol–water partition coefficient (Wildman–Crippen LogP) is 5.81. The molecule has 0 aliphatic carbocycles. The van der Waals surface area contributed by atoms with Crippen LogP contribution in [-0.4, -0.2) is 19.2 Å². The molecule has 2 N–H and O–H groups in total. The summed E-state index contributed by atoms with van der Waals surface area (Å²) in [7, 11) is 3.32. The monoisotopic (exact) mass is 380 g/mol. The molecule has 0 saturated carbocycles. The Hall–Kier alpha value is -3.79. The van der Waals surface area contributed by atoms with E-state index >= 15 is 0 Å². The molecule has 4 heteroatoms. The molecule has 4 aromatic carbocycles. The Morgan fingerprint density at radius 2 is 1.34 bits per heavy atom. The zero-order valence-electron chi connectivity index (χ0n) is 16.3. The van der Waals surface area contributed by atoms with Crippen molar-refractivity contribution >= 4 is 38.3 Å². The normalized spacial score (nSPS) is 11.2. The first kappa shape index (κ1) is 17.3. The van der Waals surface area contributed by atoms with Crippen molar-refractivity contribution in [2.24, 2.45) is 0 Å².